The third-order valence-corrected chi connectivity index (χ3v) is 3.38. The molecule has 0 aromatic heterocycles. The zero-order chi connectivity index (χ0) is 13.0. The molecule has 1 N–H and O–H groups in total. The first-order valence-electron chi connectivity index (χ1n) is 5.79. The van der Waals surface area contributed by atoms with Crippen molar-refractivity contribution in [1.29, 1.82) is 0 Å². The number of aliphatic hydroxyl groups excluding tert-OH is 1. The number of halogens is 1. The highest BCUT2D eigenvalue weighted by atomic mass is 79.9. The van der Waals surface area contributed by atoms with Crippen LogP contribution in [0.25, 0.3) is 0 Å². The maximum Gasteiger partial charge on any atom is 0.119 e. The Balaban J connectivity index is 2.00. The molecule has 3 heteroatoms. The molecule has 18 heavy (non-hydrogen) atoms. The molecule has 0 radical (unpaired) electrons. The van der Waals surface area contributed by atoms with Gasteiger partial charge in [-0.3, -0.25) is 0 Å². The van der Waals surface area contributed by atoms with E-state index in [1.54, 1.807) is 0 Å². The van der Waals surface area contributed by atoms with Crippen LogP contribution >= 0.6 is 15.9 Å². The van der Waals surface area contributed by atoms with Gasteiger partial charge < -0.3 is 9.84 Å². The van der Waals surface area contributed by atoms with Crippen LogP contribution in [-0.4, -0.2) is 11.7 Å². The van der Waals surface area contributed by atoms with Crippen LogP contribution in [0.3, 0.4) is 0 Å². The fourth-order valence-corrected chi connectivity index (χ4v) is 2.26. The molecule has 0 saturated carbocycles. The number of ether oxygens (including phenoxy) is 1. The van der Waals surface area contributed by atoms with Crippen molar-refractivity contribution in [2.45, 2.75) is 13.0 Å². The summed E-state index contributed by atoms with van der Waals surface area (Å²) in [5.74, 6) is 0.779. The third-order valence-electron chi connectivity index (χ3n) is 2.66. The lowest BCUT2D eigenvalue weighted by Gasteiger charge is -2.14. The van der Waals surface area contributed by atoms with Crippen LogP contribution in [0.15, 0.2) is 53.0 Å². The molecule has 0 amide bonds. The highest BCUT2D eigenvalue weighted by Gasteiger charge is 2.11. The number of hydrogen-bond acceptors (Lipinski definition) is 2. The average Bonchev–Trinajstić information content (AvgIpc) is 2.37. The van der Waals surface area contributed by atoms with Gasteiger partial charge in [-0.2, -0.15) is 0 Å². The summed E-state index contributed by atoms with van der Waals surface area (Å²) < 4.78 is 6.48. The minimum atomic E-state index is -0.638. The van der Waals surface area contributed by atoms with Crippen LogP contribution in [0.2, 0.25) is 0 Å². The zero-order valence-electron chi connectivity index (χ0n) is 10.1. The first kappa shape index (κ1) is 13.1. The molecule has 0 heterocycles. The predicted molar refractivity (Wildman–Crippen MR) is 75.8 cm³/mol. The molecule has 2 aromatic carbocycles. The highest BCUT2D eigenvalue weighted by Crippen LogP contribution is 2.24. The van der Waals surface area contributed by atoms with Crippen LogP contribution < -0.4 is 4.74 Å². The molecule has 94 valence electrons. The number of rotatable bonds is 4. The van der Waals surface area contributed by atoms with Crippen molar-refractivity contribution >= 4 is 15.9 Å². The smallest absolute Gasteiger partial charge is 0.119 e. The fraction of sp³-hybridized carbons (Fsp3) is 0.200. The molecule has 2 aromatic rings. The van der Waals surface area contributed by atoms with Crippen molar-refractivity contribution in [3.05, 3.63) is 64.1 Å². The Bertz CT molecular complexity index is 525. The van der Waals surface area contributed by atoms with Gasteiger partial charge in [-0.25, -0.2) is 0 Å². The second kappa shape index (κ2) is 6.03. The van der Waals surface area contributed by atoms with Crippen LogP contribution in [0.4, 0.5) is 0 Å². The largest absolute Gasteiger partial charge is 0.491 e. The van der Waals surface area contributed by atoms with E-state index < -0.39 is 6.10 Å². The van der Waals surface area contributed by atoms with Crippen LogP contribution in [0.5, 0.6) is 5.75 Å². The Kier molecular flexibility index (Phi) is 4.39. The summed E-state index contributed by atoms with van der Waals surface area (Å²) in [6, 6.07) is 15.4. The maximum absolute atomic E-state index is 10.1. The van der Waals surface area contributed by atoms with Crippen LogP contribution in [-0.2, 0) is 0 Å². The SMILES string of the molecule is Cc1cccc(OCC(O)c2ccccc2Br)c1. The molecule has 0 aliphatic heterocycles. The van der Waals surface area contributed by atoms with Gasteiger partial charge >= 0.3 is 0 Å². The molecule has 1 unspecified atom stereocenters. The standard InChI is InChI=1S/C15H15BrO2/c1-11-5-4-6-12(9-11)18-10-15(17)13-7-2-3-8-14(13)16/h2-9,15,17H,10H2,1H3. The van der Waals surface area contributed by atoms with Gasteiger partial charge in [0.2, 0.25) is 0 Å². The van der Waals surface area contributed by atoms with E-state index in [1.165, 1.54) is 0 Å². The second-order valence-electron chi connectivity index (χ2n) is 4.16. The van der Waals surface area contributed by atoms with E-state index in [2.05, 4.69) is 15.9 Å². The van der Waals surface area contributed by atoms with Gasteiger partial charge in [0, 0.05) is 4.47 Å². The molecule has 0 spiro atoms. The molecular weight excluding hydrogens is 292 g/mol. The molecule has 0 aliphatic carbocycles. The molecular formula is C15H15BrO2. The van der Waals surface area contributed by atoms with Gasteiger partial charge in [-0.05, 0) is 36.2 Å². The highest BCUT2D eigenvalue weighted by molar-refractivity contribution is 9.10. The summed E-state index contributed by atoms with van der Waals surface area (Å²) >= 11 is 3.42. The molecule has 0 bridgehead atoms. The Morgan fingerprint density at radius 2 is 1.94 bits per heavy atom. The van der Waals surface area contributed by atoms with Crippen LogP contribution in [0.1, 0.15) is 17.2 Å². The number of aryl methyl sites for hydroxylation is 1. The average molecular weight is 307 g/mol. The van der Waals surface area contributed by atoms with Crippen molar-refractivity contribution in [2.75, 3.05) is 6.61 Å². The minimum Gasteiger partial charge on any atom is -0.491 e. The van der Waals surface area contributed by atoms with Crippen molar-refractivity contribution in [3.8, 4) is 5.75 Å². The molecule has 0 saturated heterocycles. The lowest BCUT2D eigenvalue weighted by Crippen LogP contribution is -2.10. The fourth-order valence-electron chi connectivity index (χ4n) is 1.72. The summed E-state index contributed by atoms with van der Waals surface area (Å²) in [6.45, 7) is 2.25. The molecule has 0 aliphatic rings. The Morgan fingerprint density at radius 1 is 1.17 bits per heavy atom. The van der Waals surface area contributed by atoms with E-state index >= 15 is 0 Å². The van der Waals surface area contributed by atoms with Gasteiger partial charge in [0.25, 0.3) is 0 Å². The van der Waals surface area contributed by atoms with E-state index in [1.807, 2.05) is 55.5 Å². The van der Waals surface area contributed by atoms with Gasteiger partial charge in [-0.1, -0.05) is 46.3 Å². The van der Waals surface area contributed by atoms with Crippen molar-refractivity contribution in [1.82, 2.24) is 0 Å². The number of aliphatic hydroxyl groups is 1. The van der Waals surface area contributed by atoms with Gasteiger partial charge in [0.1, 0.15) is 18.5 Å². The Labute approximate surface area is 115 Å². The number of benzene rings is 2. The molecule has 0 fully saturated rings. The zero-order valence-corrected chi connectivity index (χ0v) is 11.7. The van der Waals surface area contributed by atoms with Crippen molar-refractivity contribution < 1.29 is 9.84 Å². The summed E-state index contributed by atoms with van der Waals surface area (Å²) in [5.41, 5.74) is 1.98. The third kappa shape index (κ3) is 3.34. The molecule has 2 nitrogen and oxygen atoms in total. The normalized spacial score (nSPS) is 12.2. The topological polar surface area (TPSA) is 29.5 Å². The monoisotopic (exact) mass is 306 g/mol. The summed E-state index contributed by atoms with van der Waals surface area (Å²) in [6.07, 6.45) is -0.638. The first-order valence-corrected chi connectivity index (χ1v) is 6.58. The van der Waals surface area contributed by atoms with E-state index in [0.717, 1.165) is 21.3 Å². The van der Waals surface area contributed by atoms with Gasteiger partial charge in [0.05, 0.1) is 0 Å². The van der Waals surface area contributed by atoms with E-state index in [4.69, 9.17) is 4.74 Å². The minimum absolute atomic E-state index is 0.242. The predicted octanol–water partition coefficient (Wildman–Crippen LogP) is 3.87. The van der Waals surface area contributed by atoms with E-state index in [-0.39, 0.29) is 6.61 Å². The lowest BCUT2D eigenvalue weighted by molar-refractivity contribution is 0.107. The second-order valence-corrected chi connectivity index (χ2v) is 5.02. The summed E-state index contributed by atoms with van der Waals surface area (Å²) in [5, 5.41) is 10.1. The maximum atomic E-state index is 10.1. The Morgan fingerprint density at radius 3 is 2.67 bits per heavy atom. The quantitative estimate of drug-likeness (QED) is 0.929. The van der Waals surface area contributed by atoms with Gasteiger partial charge in [-0.15, -0.1) is 0 Å². The van der Waals surface area contributed by atoms with Crippen molar-refractivity contribution in [3.63, 3.8) is 0 Å². The molecule has 1 atom stereocenters. The Hall–Kier alpha value is -1.32. The van der Waals surface area contributed by atoms with Crippen LogP contribution in [0, 0.1) is 6.92 Å². The van der Waals surface area contributed by atoms with E-state index in [9.17, 15) is 5.11 Å². The van der Waals surface area contributed by atoms with Crippen molar-refractivity contribution in [2.24, 2.45) is 0 Å². The lowest BCUT2D eigenvalue weighted by atomic mass is 10.1. The van der Waals surface area contributed by atoms with E-state index in [0.29, 0.717) is 0 Å². The summed E-state index contributed by atoms with van der Waals surface area (Å²) in [4.78, 5) is 0. The first-order chi connectivity index (χ1) is 8.66. The number of hydrogen-bond donors (Lipinski definition) is 1. The summed E-state index contributed by atoms with van der Waals surface area (Å²) in [7, 11) is 0. The molecule has 2 rings (SSSR count). The van der Waals surface area contributed by atoms with Gasteiger partial charge in [0.15, 0.2) is 0 Å².